The fourth-order valence-electron chi connectivity index (χ4n) is 0.158. The highest BCUT2D eigenvalue weighted by molar-refractivity contribution is 7.81. The molecule has 0 unspecified atom stereocenters. The third-order valence-corrected chi connectivity index (χ3v) is 0.593. The topological polar surface area (TPSA) is 29.4 Å². The molecule has 0 rings (SSSR count). The summed E-state index contributed by atoms with van der Waals surface area (Å²) in [4.78, 5) is 9.52. The second-order valence-corrected chi connectivity index (χ2v) is 3.31. The molecule has 0 fully saturated rings. The molecule has 0 bridgehead atoms. The smallest absolute Gasteiger partial charge is 0.0949 e. The van der Waals surface area contributed by atoms with Gasteiger partial charge in [-0.25, -0.2) is 0 Å². The van der Waals surface area contributed by atoms with Gasteiger partial charge in [0.2, 0.25) is 0 Å². The van der Waals surface area contributed by atoms with Gasteiger partial charge in [0, 0.05) is 4.75 Å². The zero-order chi connectivity index (χ0) is 5.91. The van der Waals surface area contributed by atoms with Gasteiger partial charge in [-0.15, -0.1) is 0 Å². The van der Waals surface area contributed by atoms with E-state index >= 15 is 0 Å². The molecule has 0 N–H and O–H groups in total. The summed E-state index contributed by atoms with van der Waals surface area (Å²) in [6, 6.07) is 0. The molecule has 0 atom stereocenters. The lowest BCUT2D eigenvalue weighted by molar-refractivity contribution is 0.728. The van der Waals surface area contributed by atoms with Gasteiger partial charge in [0.15, 0.2) is 0 Å². The van der Waals surface area contributed by atoms with E-state index in [0.717, 1.165) is 0 Å². The molecule has 2 nitrogen and oxygen atoms in total. The van der Waals surface area contributed by atoms with Crippen LogP contribution in [0.25, 0.3) is 0 Å². The molecule has 0 saturated heterocycles. The van der Waals surface area contributed by atoms with Crippen LogP contribution in [0, 0.1) is 4.91 Å². The second-order valence-electron chi connectivity index (χ2n) is 2.10. The molecular formula is C4H9NOS. The van der Waals surface area contributed by atoms with Gasteiger partial charge in [-0.05, 0) is 13.8 Å². The van der Waals surface area contributed by atoms with Gasteiger partial charge < -0.3 is 0 Å². The number of rotatable bonds is 2. The van der Waals surface area contributed by atoms with E-state index in [-0.39, 0.29) is 11.3 Å². The number of thiol groups is 1. The van der Waals surface area contributed by atoms with Crippen molar-refractivity contribution in [2.75, 3.05) is 6.54 Å². The maximum Gasteiger partial charge on any atom is 0.0949 e. The third kappa shape index (κ3) is 5.95. The highest BCUT2D eigenvalue weighted by Crippen LogP contribution is 2.10. The van der Waals surface area contributed by atoms with Gasteiger partial charge in [0.25, 0.3) is 0 Å². The molecule has 0 aromatic rings. The minimum atomic E-state index is -0.234. The van der Waals surface area contributed by atoms with Gasteiger partial charge in [0.1, 0.15) is 0 Å². The molecule has 42 valence electrons. The van der Waals surface area contributed by atoms with Crippen molar-refractivity contribution in [2.24, 2.45) is 5.18 Å². The lowest BCUT2D eigenvalue weighted by atomic mass is 10.2. The minimum absolute atomic E-state index is 0.234. The van der Waals surface area contributed by atoms with Crippen LogP contribution in [0.1, 0.15) is 13.8 Å². The molecule has 0 heterocycles. The van der Waals surface area contributed by atoms with Gasteiger partial charge in [0.05, 0.1) is 6.54 Å². The van der Waals surface area contributed by atoms with Crippen molar-refractivity contribution in [1.82, 2.24) is 0 Å². The summed E-state index contributed by atoms with van der Waals surface area (Å²) >= 11 is 4.04. The average molecular weight is 119 g/mol. The Labute approximate surface area is 48.7 Å². The molecule has 0 saturated carbocycles. The van der Waals surface area contributed by atoms with Crippen LogP contribution in [0.3, 0.4) is 0 Å². The van der Waals surface area contributed by atoms with Crippen LogP contribution in [0.15, 0.2) is 5.18 Å². The summed E-state index contributed by atoms with van der Waals surface area (Å²) in [5.41, 5.74) is 0. The third-order valence-electron chi connectivity index (χ3n) is 0.451. The minimum Gasteiger partial charge on any atom is -0.171 e. The molecule has 0 aliphatic carbocycles. The van der Waals surface area contributed by atoms with Crippen molar-refractivity contribution >= 4 is 12.6 Å². The Morgan fingerprint density at radius 2 is 2.14 bits per heavy atom. The summed E-state index contributed by atoms with van der Waals surface area (Å²) < 4.78 is -0.234. The quantitative estimate of drug-likeness (QED) is 0.433. The molecule has 0 amide bonds. The first kappa shape index (κ1) is 6.95. The van der Waals surface area contributed by atoms with Crippen molar-refractivity contribution in [1.29, 1.82) is 0 Å². The lowest BCUT2D eigenvalue weighted by Crippen LogP contribution is -2.13. The van der Waals surface area contributed by atoms with Crippen molar-refractivity contribution < 1.29 is 0 Å². The normalized spacial score (nSPS) is 11.3. The van der Waals surface area contributed by atoms with Crippen LogP contribution in [-0.2, 0) is 0 Å². The highest BCUT2D eigenvalue weighted by atomic mass is 32.1. The first-order chi connectivity index (χ1) is 3.06. The molecule has 0 aliphatic rings. The van der Waals surface area contributed by atoms with Crippen molar-refractivity contribution in [3.05, 3.63) is 4.91 Å². The lowest BCUT2D eigenvalue weighted by Gasteiger charge is -2.09. The number of hydrogen-bond donors (Lipinski definition) is 1. The fraction of sp³-hybridized carbons (Fsp3) is 1.00. The molecule has 0 aromatic carbocycles. The predicted molar refractivity (Wildman–Crippen MR) is 33.7 cm³/mol. The van der Waals surface area contributed by atoms with Gasteiger partial charge in [-0.1, -0.05) is 5.18 Å². The Morgan fingerprint density at radius 3 is 2.14 bits per heavy atom. The number of nitroso groups, excluding NO2 is 1. The molecule has 0 spiro atoms. The summed E-state index contributed by atoms with van der Waals surface area (Å²) in [7, 11) is 0. The average Bonchev–Trinajstić information content (AvgIpc) is 1.30. The first-order valence-electron chi connectivity index (χ1n) is 2.08. The Balaban J connectivity index is 3.34. The number of nitrogens with zero attached hydrogens (tertiary/aromatic N) is 1. The van der Waals surface area contributed by atoms with Crippen LogP contribution in [0.5, 0.6) is 0 Å². The van der Waals surface area contributed by atoms with E-state index in [1.165, 1.54) is 0 Å². The van der Waals surface area contributed by atoms with Crippen molar-refractivity contribution in [3.63, 3.8) is 0 Å². The first-order valence-corrected chi connectivity index (χ1v) is 2.52. The SMILES string of the molecule is CC(C)(S)CN=O. The second kappa shape index (κ2) is 2.31. The van der Waals surface area contributed by atoms with Gasteiger partial charge in [-0.2, -0.15) is 17.5 Å². The van der Waals surface area contributed by atoms with Gasteiger partial charge >= 0.3 is 0 Å². The Bertz CT molecular complexity index is 66.6. The van der Waals surface area contributed by atoms with E-state index in [4.69, 9.17) is 0 Å². The van der Waals surface area contributed by atoms with E-state index in [1.54, 1.807) is 0 Å². The largest absolute Gasteiger partial charge is 0.171 e. The zero-order valence-electron chi connectivity index (χ0n) is 4.51. The summed E-state index contributed by atoms with van der Waals surface area (Å²) in [6.45, 7) is 3.96. The maximum atomic E-state index is 9.52. The van der Waals surface area contributed by atoms with Crippen LogP contribution in [0.4, 0.5) is 0 Å². The van der Waals surface area contributed by atoms with Crippen molar-refractivity contribution in [3.8, 4) is 0 Å². The van der Waals surface area contributed by atoms with Crippen LogP contribution >= 0.6 is 12.6 Å². The van der Waals surface area contributed by atoms with Crippen LogP contribution in [-0.4, -0.2) is 11.3 Å². The van der Waals surface area contributed by atoms with Crippen LogP contribution < -0.4 is 0 Å². The van der Waals surface area contributed by atoms with E-state index in [9.17, 15) is 4.91 Å². The maximum absolute atomic E-state index is 9.52. The fourth-order valence-corrected chi connectivity index (χ4v) is 0.216. The molecule has 0 radical (unpaired) electrons. The molecule has 0 aromatic heterocycles. The molecule has 0 aliphatic heterocycles. The van der Waals surface area contributed by atoms with E-state index in [0.29, 0.717) is 0 Å². The summed E-state index contributed by atoms with van der Waals surface area (Å²) in [5, 5.41) is 2.68. The number of hydrogen-bond acceptors (Lipinski definition) is 3. The Hall–Kier alpha value is -0.0500. The zero-order valence-corrected chi connectivity index (χ0v) is 5.40. The predicted octanol–water partition coefficient (Wildman–Crippen LogP) is 1.46. The van der Waals surface area contributed by atoms with Crippen LogP contribution in [0.2, 0.25) is 0 Å². The monoisotopic (exact) mass is 119 g/mol. The molecular weight excluding hydrogens is 110 g/mol. The highest BCUT2D eigenvalue weighted by Gasteiger charge is 2.09. The van der Waals surface area contributed by atoms with Crippen molar-refractivity contribution in [2.45, 2.75) is 18.6 Å². The molecule has 3 heteroatoms. The molecule has 7 heavy (non-hydrogen) atoms. The Kier molecular flexibility index (Phi) is 2.29. The van der Waals surface area contributed by atoms with E-state index in [2.05, 4.69) is 17.8 Å². The Morgan fingerprint density at radius 1 is 1.71 bits per heavy atom. The van der Waals surface area contributed by atoms with E-state index in [1.807, 2.05) is 13.8 Å². The standard InChI is InChI=1S/C4H9NOS/c1-4(2,7)3-5-6/h7H,3H2,1-2H3. The summed E-state index contributed by atoms with van der Waals surface area (Å²) in [6.07, 6.45) is 0. The van der Waals surface area contributed by atoms with E-state index < -0.39 is 0 Å². The van der Waals surface area contributed by atoms with Gasteiger partial charge in [-0.3, -0.25) is 0 Å². The summed E-state index contributed by atoms with van der Waals surface area (Å²) in [5.74, 6) is 0.